The van der Waals surface area contributed by atoms with Crippen LogP contribution in [0.3, 0.4) is 0 Å². The van der Waals surface area contributed by atoms with Gasteiger partial charge in [-0.15, -0.1) is 0 Å². The van der Waals surface area contributed by atoms with Gasteiger partial charge in [-0.25, -0.2) is 4.79 Å². The lowest BCUT2D eigenvalue weighted by atomic mass is 10.0. The summed E-state index contributed by atoms with van der Waals surface area (Å²) in [6, 6.07) is 3.23. The number of phenols is 1. The molecule has 2 rings (SSSR count). The third kappa shape index (κ3) is 6.86. The Labute approximate surface area is 195 Å². The molecule has 2 amide bonds. The van der Waals surface area contributed by atoms with Gasteiger partial charge in [0.25, 0.3) is 0 Å². The summed E-state index contributed by atoms with van der Waals surface area (Å²) in [5.41, 5.74) is 5.63. The van der Waals surface area contributed by atoms with Crippen molar-refractivity contribution < 1.29 is 23.8 Å². The van der Waals surface area contributed by atoms with Crippen LogP contribution in [0.15, 0.2) is 18.2 Å². The predicted molar refractivity (Wildman–Crippen MR) is 121 cm³/mol. The number of halogens is 3. The van der Waals surface area contributed by atoms with Crippen molar-refractivity contribution >= 4 is 41.3 Å². The molecule has 5 N–H and O–H groups in total. The number of rotatable bonds is 11. The predicted octanol–water partition coefficient (Wildman–Crippen LogP) is 4.97. The second-order valence-corrected chi connectivity index (χ2v) is 8.12. The molecular formula is C21H25Cl2FN4O4. The van der Waals surface area contributed by atoms with Crippen molar-refractivity contribution in [2.24, 2.45) is 5.73 Å². The molecule has 1 aromatic heterocycles. The summed E-state index contributed by atoms with van der Waals surface area (Å²) >= 11 is 12.4. The van der Waals surface area contributed by atoms with Crippen LogP contribution in [0.5, 0.6) is 17.2 Å². The van der Waals surface area contributed by atoms with Gasteiger partial charge in [-0.05, 0) is 43.4 Å². The number of aromatic nitrogens is 1. The molecule has 0 aliphatic heterocycles. The number of ether oxygens (including phenoxy) is 1. The number of carbonyl (C=O) groups is 2. The van der Waals surface area contributed by atoms with Gasteiger partial charge in [0.05, 0.1) is 6.04 Å². The summed E-state index contributed by atoms with van der Waals surface area (Å²) in [5, 5.41) is 14.7. The van der Waals surface area contributed by atoms with Crippen molar-refractivity contribution in [2.45, 2.75) is 45.1 Å². The van der Waals surface area contributed by atoms with Crippen LogP contribution in [-0.4, -0.2) is 35.0 Å². The van der Waals surface area contributed by atoms with Crippen molar-refractivity contribution in [3.05, 3.63) is 39.8 Å². The zero-order valence-corrected chi connectivity index (χ0v) is 19.1. The smallest absolute Gasteiger partial charge is 0.312 e. The molecule has 174 valence electrons. The van der Waals surface area contributed by atoms with E-state index in [9.17, 15) is 19.1 Å². The Hall–Kier alpha value is -2.78. The van der Waals surface area contributed by atoms with E-state index in [1.807, 2.05) is 13.8 Å². The number of unbranched alkanes of at least 4 members (excludes halogenated alkanes) is 1. The Bertz CT molecular complexity index is 975. The van der Waals surface area contributed by atoms with Crippen molar-refractivity contribution in [3.63, 3.8) is 0 Å². The third-order valence-corrected chi connectivity index (χ3v) is 5.24. The number of aromatic hydroxyl groups is 1. The summed E-state index contributed by atoms with van der Waals surface area (Å²) in [6.45, 7) is 4.17. The van der Waals surface area contributed by atoms with Crippen LogP contribution in [0.4, 0.5) is 15.0 Å². The molecule has 32 heavy (non-hydrogen) atoms. The van der Waals surface area contributed by atoms with Gasteiger partial charge in [0.2, 0.25) is 5.95 Å². The average molecular weight is 487 g/mol. The van der Waals surface area contributed by atoms with Crippen LogP contribution in [0.25, 0.3) is 0 Å². The SMILES string of the molecule is CC(C)c1cc(Oc2c(Cl)c(F)nc(NC(C=O)CCCCNC(N)=O)c2Cl)ccc1O. The minimum Gasteiger partial charge on any atom is -0.508 e. The fourth-order valence-corrected chi connectivity index (χ4v) is 3.36. The molecule has 1 heterocycles. The maximum absolute atomic E-state index is 14.4. The van der Waals surface area contributed by atoms with Crippen LogP contribution < -0.4 is 21.1 Å². The van der Waals surface area contributed by atoms with E-state index < -0.39 is 23.0 Å². The Morgan fingerprint density at radius 1 is 1.31 bits per heavy atom. The number of benzene rings is 1. The topological polar surface area (TPSA) is 127 Å². The summed E-state index contributed by atoms with van der Waals surface area (Å²) in [7, 11) is 0. The van der Waals surface area contributed by atoms with Crippen molar-refractivity contribution in [1.29, 1.82) is 0 Å². The number of hydrogen-bond acceptors (Lipinski definition) is 6. The maximum atomic E-state index is 14.4. The fourth-order valence-electron chi connectivity index (χ4n) is 2.91. The lowest BCUT2D eigenvalue weighted by Gasteiger charge is -2.18. The van der Waals surface area contributed by atoms with Gasteiger partial charge in [0, 0.05) is 12.1 Å². The Morgan fingerprint density at radius 3 is 2.66 bits per heavy atom. The van der Waals surface area contributed by atoms with E-state index in [0.29, 0.717) is 43.4 Å². The van der Waals surface area contributed by atoms with E-state index in [4.69, 9.17) is 33.7 Å². The number of hydrogen-bond donors (Lipinski definition) is 4. The van der Waals surface area contributed by atoms with Gasteiger partial charge in [-0.1, -0.05) is 37.0 Å². The lowest BCUT2D eigenvalue weighted by Crippen LogP contribution is -2.30. The third-order valence-electron chi connectivity index (χ3n) is 4.57. The summed E-state index contributed by atoms with van der Waals surface area (Å²) < 4.78 is 20.1. The van der Waals surface area contributed by atoms with E-state index >= 15 is 0 Å². The number of pyridine rings is 1. The number of aldehydes is 1. The monoisotopic (exact) mass is 486 g/mol. The number of nitrogens with zero attached hydrogens (tertiary/aromatic N) is 1. The zero-order chi connectivity index (χ0) is 23.8. The molecule has 0 spiro atoms. The molecule has 0 aliphatic rings. The van der Waals surface area contributed by atoms with Crippen LogP contribution in [-0.2, 0) is 4.79 Å². The Kier molecular flexibility index (Phi) is 9.34. The number of phenolic OH excluding ortho intramolecular Hbond substituents is 1. The number of amides is 2. The molecule has 0 saturated carbocycles. The normalized spacial score (nSPS) is 11.8. The number of anilines is 1. The second-order valence-electron chi connectivity index (χ2n) is 7.36. The molecule has 8 nitrogen and oxygen atoms in total. The number of primary amides is 1. The molecule has 1 aromatic carbocycles. The summed E-state index contributed by atoms with van der Waals surface area (Å²) in [5.74, 6) is -0.875. The van der Waals surface area contributed by atoms with E-state index in [-0.39, 0.29) is 28.3 Å². The fraction of sp³-hybridized carbons (Fsp3) is 0.381. The van der Waals surface area contributed by atoms with E-state index in [2.05, 4.69) is 15.6 Å². The van der Waals surface area contributed by atoms with E-state index in [1.165, 1.54) is 12.1 Å². The van der Waals surface area contributed by atoms with Gasteiger partial charge in [-0.2, -0.15) is 9.37 Å². The molecule has 1 unspecified atom stereocenters. The van der Waals surface area contributed by atoms with E-state index in [0.717, 1.165) is 0 Å². The number of carbonyl (C=O) groups excluding carboxylic acids is 2. The molecule has 1 atom stereocenters. The molecule has 0 saturated heterocycles. The minimum absolute atomic E-state index is 0.0161. The van der Waals surface area contributed by atoms with Crippen LogP contribution >= 0.6 is 23.2 Å². The summed E-state index contributed by atoms with van der Waals surface area (Å²) in [4.78, 5) is 25.8. The zero-order valence-electron chi connectivity index (χ0n) is 17.6. The summed E-state index contributed by atoms with van der Waals surface area (Å²) in [6.07, 6.45) is 2.22. The van der Waals surface area contributed by atoms with Gasteiger partial charge in [0.15, 0.2) is 11.6 Å². The highest BCUT2D eigenvalue weighted by Crippen LogP contribution is 2.42. The first-order valence-electron chi connectivity index (χ1n) is 9.94. The quantitative estimate of drug-likeness (QED) is 0.202. The molecule has 0 aliphatic carbocycles. The Balaban J connectivity index is 2.19. The highest BCUT2D eigenvalue weighted by Gasteiger charge is 2.22. The lowest BCUT2D eigenvalue weighted by molar-refractivity contribution is -0.108. The van der Waals surface area contributed by atoms with Gasteiger partial charge in [0.1, 0.15) is 27.8 Å². The van der Waals surface area contributed by atoms with Crippen molar-refractivity contribution in [3.8, 4) is 17.2 Å². The maximum Gasteiger partial charge on any atom is 0.312 e. The minimum atomic E-state index is -1.02. The first-order valence-corrected chi connectivity index (χ1v) is 10.7. The second kappa shape index (κ2) is 11.7. The van der Waals surface area contributed by atoms with Gasteiger partial charge in [-0.3, -0.25) is 0 Å². The number of nitrogens with one attached hydrogen (secondary N) is 2. The van der Waals surface area contributed by atoms with Crippen LogP contribution in [0.1, 0.15) is 44.6 Å². The van der Waals surface area contributed by atoms with Crippen molar-refractivity contribution in [1.82, 2.24) is 10.3 Å². The highest BCUT2D eigenvalue weighted by atomic mass is 35.5. The van der Waals surface area contributed by atoms with Gasteiger partial charge >= 0.3 is 6.03 Å². The molecule has 11 heteroatoms. The Morgan fingerprint density at radius 2 is 2.03 bits per heavy atom. The number of nitrogens with two attached hydrogens (primary N) is 1. The molecule has 0 bridgehead atoms. The molecule has 0 radical (unpaired) electrons. The van der Waals surface area contributed by atoms with E-state index in [1.54, 1.807) is 6.07 Å². The molecule has 2 aromatic rings. The van der Waals surface area contributed by atoms with Gasteiger partial charge < -0.3 is 31.0 Å². The molecular weight excluding hydrogens is 462 g/mol. The van der Waals surface area contributed by atoms with Crippen molar-refractivity contribution in [2.75, 3.05) is 11.9 Å². The number of urea groups is 1. The molecule has 0 fully saturated rings. The largest absolute Gasteiger partial charge is 0.508 e. The average Bonchev–Trinajstić information content (AvgIpc) is 2.74. The highest BCUT2D eigenvalue weighted by molar-refractivity contribution is 6.38. The van der Waals surface area contributed by atoms with Crippen LogP contribution in [0, 0.1) is 5.95 Å². The first-order chi connectivity index (χ1) is 15.1. The first kappa shape index (κ1) is 25.5. The standard InChI is InChI=1S/C21H25Cl2FN4O4/c1-11(2)14-9-13(6-7-15(14)30)32-18-16(22)19(24)28-20(17(18)23)27-12(10-29)5-3-4-8-26-21(25)31/h6-7,9-12,30H,3-5,8H2,1-2H3,(H,27,28)(H3,25,26,31). The van der Waals surface area contributed by atoms with Crippen LogP contribution in [0.2, 0.25) is 10.0 Å².